The zero-order chi connectivity index (χ0) is 14.8. The van der Waals surface area contributed by atoms with E-state index < -0.39 is 9.84 Å². The number of carbonyl (C=O) groups excluding carboxylic acids is 1. The number of carbonyl (C=O) groups is 1. The van der Waals surface area contributed by atoms with Crippen LogP contribution in [0.1, 0.15) is 29.3 Å². The van der Waals surface area contributed by atoms with Crippen molar-refractivity contribution in [1.82, 2.24) is 5.32 Å². The summed E-state index contributed by atoms with van der Waals surface area (Å²) in [4.78, 5) is 12.2. The van der Waals surface area contributed by atoms with Gasteiger partial charge in [0.1, 0.15) is 0 Å². The van der Waals surface area contributed by atoms with Gasteiger partial charge in [0.25, 0.3) is 5.91 Å². The fourth-order valence-electron chi connectivity index (χ4n) is 2.40. The van der Waals surface area contributed by atoms with Crippen LogP contribution in [-0.4, -0.2) is 38.4 Å². The van der Waals surface area contributed by atoms with Crippen molar-refractivity contribution < 1.29 is 13.2 Å². The first-order valence-electron chi connectivity index (χ1n) is 6.77. The Kier molecular flexibility index (Phi) is 4.32. The van der Waals surface area contributed by atoms with Gasteiger partial charge in [-0.15, -0.1) is 0 Å². The largest absolute Gasteiger partial charge is 0.385 e. The van der Waals surface area contributed by atoms with Gasteiger partial charge in [0, 0.05) is 23.8 Å². The van der Waals surface area contributed by atoms with Crippen molar-refractivity contribution >= 4 is 21.4 Å². The topological polar surface area (TPSA) is 75.3 Å². The Bertz CT molecular complexity index is 611. The first-order chi connectivity index (χ1) is 9.41. The van der Waals surface area contributed by atoms with Crippen LogP contribution in [0, 0.1) is 6.92 Å². The molecule has 110 valence electrons. The molecule has 0 spiro atoms. The zero-order valence-corrected chi connectivity index (χ0v) is 12.6. The molecule has 20 heavy (non-hydrogen) atoms. The van der Waals surface area contributed by atoms with Crippen LogP contribution < -0.4 is 10.6 Å². The second-order valence-corrected chi connectivity index (χ2v) is 7.36. The van der Waals surface area contributed by atoms with Crippen LogP contribution in [0.25, 0.3) is 0 Å². The zero-order valence-electron chi connectivity index (χ0n) is 11.8. The number of amides is 1. The second kappa shape index (κ2) is 5.83. The summed E-state index contributed by atoms with van der Waals surface area (Å²) in [6, 6.07) is 5.28. The van der Waals surface area contributed by atoms with E-state index in [1.165, 1.54) is 0 Å². The van der Waals surface area contributed by atoms with Crippen molar-refractivity contribution in [2.45, 2.75) is 26.3 Å². The highest BCUT2D eigenvalue weighted by atomic mass is 32.2. The highest BCUT2D eigenvalue weighted by Gasteiger charge is 2.29. The minimum absolute atomic E-state index is 0.0489. The van der Waals surface area contributed by atoms with E-state index in [9.17, 15) is 13.2 Å². The predicted molar refractivity (Wildman–Crippen MR) is 79.9 cm³/mol. The van der Waals surface area contributed by atoms with Gasteiger partial charge in [-0.25, -0.2) is 8.42 Å². The van der Waals surface area contributed by atoms with Crippen molar-refractivity contribution in [2.24, 2.45) is 0 Å². The average molecular weight is 296 g/mol. The lowest BCUT2D eigenvalue weighted by Gasteiger charge is -2.13. The number of nitrogens with one attached hydrogen (secondary N) is 2. The van der Waals surface area contributed by atoms with Gasteiger partial charge in [-0.2, -0.15) is 0 Å². The monoisotopic (exact) mass is 296 g/mol. The summed E-state index contributed by atoms with van der Waals surface area (Å²) in [5.41, 5.74) is 2.45. The lowest BCUT2D eigenvalue weighted by Crippen LogP contribution is -2.35. The minimum Gasteiger partial charge on any atom is -0.385 e. The van der Waals surface area contributed by atoms with Crippen LogP contribution in [0.15, 0.2) is 18.2 Å². The fourth-order valence-corrected chi connectivity index (χ4v) is 4.08. The summed E-state index contributed by atoms with van der Waals surface area (Å²) < 4.78 is 22.8. The van der Waals surface area contributed by atoms with Crippen LogP contribution >= 0.6 is 0 Å². The summed E-state index contributed by atoms with van der Waals surface area (Å²) in [7, 11) is -2.97. The molecule has 2 rings (SSSR count). The van der Waals surface area contributed by atoms with Crippen LogP contribution in [-0.2, 0) is 9.84 Å². The highest BCUT2D eigenvalue weighted by molar-refractivity contribution is 7.91. The lowest BCUT2D eigenvalue weighted by atomic mass is 10.1. The summed E-state index contributed by atoms with van der Waals surface area (Å²) in [6.07, 6.45) is 0.503. The van der Waals surface area contributed by atoms with Gasteiger partial charge in [-0.05, 0) is 44.0 Å². The van der Waals surface area contributed by atoms with Gasteiger partial charge in [0.15, 0.2) is 9.84 Å². The third-order valence-electron chi connectivity index (χ3n) is 3.42. The molecule has 0 saturated carbocycles. The quantitative estimate of drug-likeness (QED) is 0.879. The molecule has 5 nitrogen and oxygen atoms in total. The first-order valence-corrected chi connectivity index (χ1v) is 8.59. The Hall–Kier alpha value is -1.56. The van der Waals surface area contributed by atoms with Crippen LogP contribution in [0.5, 0.6) is 0 Å². The van der Waals surface area contributed by atoms with E-state index in [-0.39, 0.29) is 23.5 Å². The van der Waals surface area contributed by atoms with Crippen molar-refractivity contribution in [3.8, 4) is 0 Å². The number of hydrogen-bond donors (Lipinski definition) is 2. The smallest absolute Gasteiger partial charge is 0.251 e. The number of rotatable bonds is 4. The number of anilines is 1. The molecule has 1 aromatic carbocycles. The Morgan fingerprint density at radius 3 is 2.70 bits per heavy atom. The van der Waals surface area contributed by atoms with Gasteiger partial charge in [0.2, 0.25) is 0 Å². The Balaban J connectivity index is 2.06. The molecule has 1 aromatic rings. The Morgan fingerprint density at radius 2 is 2.15 bits per heavy atom. The lowest BCUT2D eigenvalue weighted by molar-refractivity contribution is 0.0940. The molecule has 2 N–H and O–H groups in total. The average Bonchev–Trinajstić information content (AvgIpc) is 2.69. The molecular formula is C14H20N2O3S. The first kappa shape index (κ1) is 14.8. The molecule has 0 aliphatic carbocycles. The van der Waals surface area contributed by atoms with Gasteiger partial charge >= 0.3 is 0 Å². The maximum absolute atomic E-state index is 12.2. The van der Waals surface area contributed by atoms with Crippen LogP contribution in [0.2, 0.25) is 0 Å². The number of sulfone groups is 1. The van der Waals surface area contributed by atoms with Crippen molar-refractivity contribution in [3.63, 3.8) is 0 Å². The highest BCUT2D eigenvalue weighted by Crippen LogP contribution is 2.17. The van der Waals surface area contributed by atoms with E-state index in [2.05, 4.69) is 10.6 Å². The Morgan fingerprint density at radius 1 is 1.40 bits per heavy atom. The van der Waals surface area contributed by atoms with E-state index in [0.29, 0.717) is 12.0 Å². The maximum Gasteiger partial charge on any atom is 0.251 e. The van der Waals surface area contributed by atoms with Crippen LogP contribution in [0.4, 0.5) is 5.69 Å². The van der Waals surface area contributed by atoms with Gasteiger partial charge < -0.3 is 10.6 Å². The number of aryl methyl sites for hydroxylation is 1. The molecule has 1 atom stereocenters. The van der Waals surface area contributed by atoms with E-state index in [1.54, 1.807) is 6.07 Å². The van der Waals surface area contributed by atoms with E-state index in [0.717, 1.165) is 17.8 Å². The summed E-state index contributed by atoms with van der Waals surface area (Å²) in [5.74, 6) is 0.0106. The van der Waals surface area contributed by atoms with Crippen molar-refractivity contribution in [1.29, 1.82) is 0 Å². The van der Waals surface area contributed by atoms with Crippen molar-refractivity contribution in [3.05, 3.63) is 29.3 Å². The molecule has 1 unspecified atom stereocenters. The molecule has 0 aromatic heterocycles. The summed E-state index contributed by atoms with van der Waals surface area (Å²) in [5, 5.41) is 5.99. The second-order valence-electron chi connectivity index (χ2n) is 5.13. The molecular weight excluding hydrogens is 276 g/mol. The molecule has 1 aliphatic rings. The summed E-state index contributed by atoms with van der Waals surface area (Å²) in [6.45, 7) is 4.71. The number of benzene rings is 1. The standard InChI is InChI=1S/C14H20N2O3S/c1-3-15-11-4-5-13(10(2)8-11)14(17)16-12-6-7-20(18,19)9-12/h4-5,8,12,15H,3,6-7,9H2,1-2H3,(H,16,17). The van der Waals surface area contributed by atoms with E-state index in [4.69, 9.17) is 0 Å². The van der Waals surface area contributed by atoms with Crippen molar-refractivity contribution in [2.75, 3.05) is 23.4 Å². The molecule has 0 radical (unpaired) electrons. The van der Waals surface area contributed by atoms with Gasteiger partial charge in [0.05, 0.1) is 11.5 Å². The molecule has 1 heterocycles. The molecule has 1 saturated heterocycles. The molecule has 0 bridgehead atoms. The molecule has 6 heteroatoms. The maximum atomic E-state index is 12.2. The SMILES string of the molecule is CCNc1ccc(C(=O)NC2CCS(=O)(=O)C2)c(C)c1. The molecule has 1 amide bonds. The third kappa shape index (κ3) is 3.50. The van der Waals surface area contributed by atoms with Gasteiger partial charge in [-0.1, -0.05) is 0 Å². The normalized spacial score (nSPS) is 20.6. The van der Waals surface area contributed by atoms with E-state index >= 15 is 0 Å². The van der Waals surface area contributed by atoms with E-state index in [1.807, 2.05) is 26.0 Å². The van der Waals surface area contributed by atoms with Gasteiger partial charge in [-0.3, -0.25) is 4.79 Å². The minimum atomic E-state index is -2.97. The fraction of sp³-hybridized carbons (Fsp3) is 0.500. The Labute approximate surface area is 119 Å². The predicted octanol–water partition coefficient (Wildman–Crippen LogP) is 1.34. The number of hydrogen-bond acceptors (Lipinski definition) is 4. The van der Waals surface area contributed by atoms with Crippen LogP contribution in [0.3, 0.4) is 0 Å². The third-order valence-corrected chi connectivity index (χ3v) is 5.19. The molecule has 1 aliphatic heterocycles. The molecule has 1 fully saturated rings. The summed E-state index contributed by atoms with van der Waals surface area (Å²) >= 11 is 0.